The number of nitrogens with zero attached hydrogens (tertiary/aromatic N) is 3. The van der Waals surface area contributed by atoms with E-state index in [1.54, 1.807) is 6.21 Å². The molecular formula is C22H19N3O2. The molecule has 0 radical (unpaired) electrons. The summed E-state index contributed by atoms with van der Waals surface area (Å²) in [6.07, 6.45) is 12.2. The predicted octanol–water partition coefficient (Wildman–Crippen LogP) is 2.72. The Bertz CT molecular complexity index is 1050. The number of terminal acetylenes is 1. The Hall–Kier alpha value is -3.13. The molecule has 2 heterocycles. The van der Waals surface area contributed by atoms with E-state index < -0.39 is 0 Å². The topological polar surface area (TPSA) is 54.7 Å². The first-order chi connectivity index (χ1) is 13.1. The van der Waals surface area contributed by atoms with Gasteiger partial charge in [0.25, 0.3) is 11.8 Å². The molecule has 1 saturated carbocycles. The van der Waals surface area contributed by atoms with Crippen LogP contribution in [0.2, 0.25) is 0 Å². The Kier molecular flexibility index (Phi) is 3.38. The van der Waals surface area contributed by atoms with Crippen LogP contribution in [0, 0.1) is 42.9 Å². The van der Waals surface area contributed by atoms with Gasteiger partial charge in [0, 0.05) is 22.2 Å². The third-order valence-corrected chi connectivity index (χ3v) is 6.28. The first kappa shape index (κ1) is 16.1. The summed E-state index contributed by atoms with van der Waals surface area (Å²) >= 11 is 0. The van der Waals surface area contributed by atoms with Gasteiger partial charge in [-0.25, -0.2) is 0 Å². The fourth-order valence-corrected chi connectivity index (χ4v) is 5.03. The van der Waals surface area contributed by atoms with Crippen LogP contribution in [-0.2, 0) is 16.1 Å². The zero-order chi connectivity index (χ0) is 18.7. The van der Waals surface area contributed by atoms with E-state index in [9.17, 15) is 9.59 Å². The molecule has 0 N–H and O–H groups in total. The van der Waals surface area contributed by atoms with E-state index in [1.165, 1.54) is 0 Å². The van der Waals surface area contributed by atoms with Crippen molar-refractivity contribution in [3.05, 3.63) is 47.7 Å². The van der Waals surface area contributed by atoms with Crippen LogP contribution in [0.3, 0.4) is 0 Å². The number of rotatable bonds is 3. The SMILES string of the molecule is C#CCn1c(C)c(/C=N\N2C(=O)[C@@H]3[C@@H](C2=O)[C@H]2C=C[C@H]3C2)c2ccccc21. The number of allylic oxidation sites excluding steroid dienone is 2. The summed E-state index contributed by atoms with van der Waals surface area (Å²) in [7, 11) is 0. The standard InChI is InChI=1S/C22H19N3O2/c1-3-10-24-13(2)17(16-6-4-5-7-18(16)24)12-23-25-21(26)19-14-8-9-15(11-14)20(19)22(25)27/h1,4-9,12,14-15,19-20H,10-11H2,2H3/b23-12-/t14-,15-,19-,20-/m0/s1. The maximum absolute atomic E-state index is 12.8. The Morgan fingerprint density at radius 1 is 1.19 bits per heavy atom. The van der Waals surface area contributed by atoms with Crippen LogP contribution in [0.5, 0.6) is 0 Å². The van der Waals surface area contributed by atoms with E-state index in [-0.39, 0.29) is 35.5 Å². The highest BCUT2D eigenvalue weighted by molar-refractivity contribution is 6.08. The molecule has 2 amide bonds. The molecule has 5 rings (SSSR count). The molecular weight excluding hydrogens is 338 g/mol. The van der Waals surface area contributed by atoms with Gasteiger partial charge in [-0.1, -0.05) is 36.3 Å². The van der Waals surface area contributed by atoms with Crippen molar-refractivity contribution in [3.63, 3.8) is 0 Å². The molecule has 1 aromatic heterocycles. The molecule has 3 aliphatic rings. The summed E-state index contributed by atoms with van der Waals surface area (Å²) in [5, 5.41) is 6.44. The average molecular weight is 357 g/mol. The molecule has 1 aromatic carbocycles. The molecule has 2 aromatic rings. The largest absolute Gasteiger partial charge is 0.333 e. The van der Waals surface area contributed by atoms with E-state index in [0.29, 0.717) is 6.54 Å². The number of carbonyl (C=O) groups is 2. The monoisotopic (exact) mass is 357 g/mol. The summed E-state index contributed by atoms with van der Waals surface area (Å²) in [6, 6.07) is 7.94. The predicted molar refractivity (Wildman–Crippen MR) is 103 cm³/mol. The molecule has 2 bridgehead atoms. The third-order valence-electron chi connectivity index (χ3n) is 6.28. The Labute approximate surface area is 157 Å². The van der Waals surface area contributed by atoms with Gasteiger partial charge in [-0.3, -0.25) is 9.59 Å². The molecule has 0 spiro atoms. The lowest BCUT2D eigenvalue weighted by atomic mass is 9.85. The Morgan fingerprint density at radius 2 is 1.85 bits per heavy atom. The quantitative estimate of drug-likeness (QED) is 0.367. The van der Waals surface area contributed by atoms with Crippen LogP contribution in [0.25, 0.3) is 10.9 Å². The van der Waals surface area contributed by atoms with E-state index in [2.05, 4.69) is 23.2 Å². The number of hydrogen-bond acceptors (Lipinski definition) is 3. The molecule has 134 valence electrons. The van der Waals surface area contributed by atoms with Crippen LogP contribution in [0.1, 0.15) is 17.7 Å². The lowest BCUT2D eigenvalue weighted by molar-refractivity contribution is -0.140. The van der Waals surface area contributed by atoms with Crippen LogP contribution in [0.15, 0.2) is 41.5 Å². The lowest BCUT2D eigenvalue weighted by Crippen LogP contribution is -2.28. The fourth-order valence-electron chi connectivity index (χ4n) is 5.03. The lowest BCUT2D eigenvalue weighted by Gasteiger charge is -2.13. The van der Waals surface area contributed by atoms with Gasteiger partial charge in [-0.05, 0) is 31.2 Å². The maximum atomic E-state index is 12.8. The number of hydrazone groups is 1. The molecule has 5 nitrogen and oxygen atoms in total. The van der Waals surface area contributed by atoms with Gasteiger partial charge in [0.1, 0.15) is 0 Å². The Morgan fingerprint density at radius 3 is 2.52 bits per heavy atom. The maximum Gasteiger partial charge on any atom is 0.254 e. The second-order valence-corrected chi connectivity index (χ2v) is 7.54. The highest BCUT2D eigenvalue weighted by Gasteiger charge is 2.59. The van der Waals surface area contributed by atoms with Crippen LogP contribution >= 0.6 is 0 Å². The number of benzene rings is 1. The molecule has 5 heteroatoms. The number of carbonyl (C=O) groups excluding carboxylic acids is 2. The van der Waals surface area contributed by atoms with E-state index in [4.69, 9.17) is 6.42 Å². The number of imide groups is 1. The number of hydrogen-bond donors (Lipinski definition) is 0. The molecule has 2 aliphatic carbocycles. The second-order valence-electron chi connectivity index (χ2n) is 7.54. The summed E-state index contributed by atoms with van der Waals surface area (Å²) in [5.74, 6) is 2.28. The number of amides is 2. The Balaban J connectivity index is 1.52. The summed E-state index contributed by atoms with van der Waals surface area (Å²) < 4.78 is 2.04. The smallest absolute Gasteiger partial charge is 0.254 e. The zero-order valence-corrected chi connectivity index (χ0v) is 15.0. The molecule has 27 heavy (non-hydrogen) atoms. The first-order valence-corrected chi connectivity index (χ1v) is 9.23. The molecule has 1 saturated heterocycles. The highest BCUT2D eigenvalue weighted by Crippen LogP contribution is 2.52. The number of para-hydroxylation sites is 1. The van der Waals surface area contributed by atoms with Crippen molar-refractivity contribution >= 4 is 28.9 Å². The van der Waals surface area contributed by atoms with Crippen molar-refractivity contribution in [1.82, 2.24) is 9.58 Å². The highest BCUT2D eigenvalue weighted by atomic mass is 16.2. The minimum Gasteiger partial charge on any atom is -0.333 e. The minimum atomic E-state index is -0.228. The van der Waals surface area contributed by atoms with Crippen molar-refractivity contribution in [3.8, 4) is 12.3 Å². The van der Waals surface area contributed by atoms with Crippen molar-refractivity contribution in [1.29, 1.82) is 0 Å². The van der Waals surface area contributed by atoms with Gasteiger partial charge in [-0.2, -0.15) is 10.1 Å². The van der Waals surface area contributed by atoms with E-state index in [1.807, 2.05) is 35.8 Å². The minimum absolute atomic E-state index is 0.164. The van der Waals surface area contributed by atoms with Gasteiger partial charge in [0.15, 0.2) is 0 Å². The van der Waals surface area contributed by atoms with Gasteiger partial charge in [-0.15, -0.1) is 6.42 Å². The third kappa shape index (κ3) is 2.10. The fraction of sp³-hybridized carbons (Fsp3) is 0.318. The zero-order valence-electron chi connectivity index (χ0n) is 15.0. The van der Waals surface area contributed by atoms with Gasteiger partial charge < -0.3 is 4.57 Å². The van der Waals surface area contributed by atoms with Gasteiger partial charge >= 0.3 is 0 Å². The average Bonchev–Trinajstić information content (AvgIpc) is 3.40. The van der Waals surface area contributed by atoms with Crippen LogP contribution < -0.4 is 0 Å². The van der Waals surface area contributed by atoms with Crippen LogP contribution in [0.4, 0.5) is 0 Å². The normalized spacial score (nSPS) is 28.7. The van der Waals surface area contributed by atoms with Gasteiger partial charge in [0.2, 0.25) is 0 Å². The van der Waals surface area contributed by atoms with Crippen molar-refractivity contribution in [2.75, 3.05) is 0 Å². The van der Waals surface area contributed by atoms with Crippen molar-refractivity contribution < 1.29 is 9.59 Å². The number of aromatic nitrogens is 1. The summed E-state index contributed by atoms with van der Waals surface area (Å²) in [6.45, 7) is 2.44. The first-order valence-electron chi connectivity index (χ1n) is 9.23. The summed E-state index contributed by atoms with van der Waals surface area (Å²) in [4.78, 5) is 25.6. The number of fused-ring (bicyclic) bond motifs is 6. The van der Waals surface area contributed by atoms with E-state index >= 15 is 0 Å². The van der Waals surface area contributed by atoms with Gasteiger partial charge in [0.05, 0.1) is 24.6 Å². The second kappa shape index (κ2) is 5.68. The molecule has 4 atom stereocenters. The molecule has 1 aliphatic heterocycles. The van der Waals surface area contributed by atoms with Crippen molar-refractivity contribution in [2.45, 2.75) is 19.9 Å². The van der Waals surface area contributed by atoms with Crippen molar-refractivity contribution in [2.24, 2.45) is 28.8 Å². The molecule has 0 unspecified atom stereocenters. The molecule has 2 fully saturated rings. The van der Waals surface area contributed by atoms with E-state index in [0.717, 1.165) is 33.6 Å². The van der Waals surface area contributed by atoms with Crippen LogP contribution in [-0.4, -0.2) is 27.6 Å². The summed E-state index contributed by atoms with van der Waals surface area (Å²) in [5.41, 5.74) is 2.88.